The number of fused-ring (bicyclic) bond motifs is 5. The first-order chi connectivity index (χ1) is 71.0. The predicted molar refractivity (Wildman–Crippen MR) is 602 cm³/mol. The molecular formula is C113H130N22O4S5. The number of carbonyl (C=O) groups is 3. The van der Waals surface area contributed by atoms with Gasteiger partial charge in [-0.2, -0.15) is 0 Å². The average Bonchev–Trinajstić information content (AvgIpc) is 1.62. The van der Waals surface area contributed by atoms with Crippen molar-refractivity contribution in [1.82, 2.24) is 64.7 Å². The Balaban J connectivity index is 0.000000126. The van der Waals surface area contributed by atoms with Crippen LogP contribution in [-0.4, -0.2) is 217 Å². The van der Waals surface area contributed by atoms with E-state index in [4.69, 9.17) is 29.7 Å². The van der Waals surface area contributed by atoms with Gasteiger partial charge in [0.2, 0.25) is 11.8 Å². The van der Waals surface area contributed by atoms with Crippen molar-refractivity contribution in [3.63, 3.8) is 0 Å². The van der Waals surface area contributed by atoms with E-state index in [9.17, 15) is 14.4 Å². The van der Waals surface area contributed by atoms with Crippen molar-refractivity contribution in [1.29, 1.82) is 0 Å². The van der Waals surface area contributed by atoms with Crippen LogP contribution in [0.1, 0.15) is 145 Å². The largest absolute Gasteiger partial charge is 0.370 e. The lowest BCUT2D eigenvalue weighted by atomic mass is 10.0. The number of piperazine rings is 1. The maximum atomic E-state index is 13.0. The van der Waals surface area contributed by atoms with Gasteiger partial charge in [-0.1, -0.05) is 105 Å². The monoisotopic (exact) mass is 2020 g/mol. The molecule has 0 saturated carbocycles. The van der Waals surface area contributed by atoms with Crippen molar-refractivity contribution in [3.8, 4) is 64.5 Å². The summed E-state index contributed by atoms with van der Waals surface area (Å²) in [4.78, 5) is 116. The molecule has 2 atom stereocenters. The van der Waals surface area contributed by atoms with E-state index in [1.54, 1.807) is 86.8 Å². The summed E-state index contributed by atoms with van der Waals surface area (Å²) in [5.74, 6) is 5.58. The van der Waals surface area contributed by atoms with E-state index in [2.05, 4.69) is 185 Å². The molecule has 21 heterocycles. The standard InChI is InChI=1S/C21H23N5OS.2C21H18N4S.C20H21N5OS.C20H20N4O2S.5C2H6/c1-24-10-11-26(20(27)14-24)16-5-6-17-18(12-16)28-21(23-17)15-4-7-19(22-13-15)25-8-2-3-9-25;1-2-11-25(10-1)20-8-6-17(14-23-20)21-24-18-12-15(5-7-19(18)26-21)16-4-3-9-22-13-16;1-2-11-25(10-1)20-8-6-17(14-23-20)21-24-18-7-5-15(12-19(18)26-21)16-4-3-9-22-13-16;26-20-18-16(7-11-25(20)15-4-3-8-21-13-15)23-19(27-18)14-5-6-17(22-12-14)24-9-1-2-10-24;25-19-13-26-10-9-24(19)15-4-5-16-17(11-15)27-20(22-16)14-3-6-18(21-12-14)23-7-1-2-8-23;5*1-2/h4-7,12-13H,2-3,8-11,14H2,1H3;2*3-9,12-14H,1-2,10-11H2;3-6,8,12-13,16,18H,1-2,7,9-11H2;3-6,11-12H,1-2,7-10,13H2;5*1-2H3. The molecule has 9 aliphatic rings. The molecule has 12 aromatic heterocycles. The zero-order chi connectivity index (χ0) is 100. The van der Waals surface area contributed by atoms with Crippen LogP contribution in [0.3, 0.4) is 0 Å². The summed E-state index contributed by atoms with van der Waals surface area (Å²) in [6.07, 6.45) is 33.9. The van der Waals surface area contributed by atoms with Crippen molar-refractivity contribution in [2.24, 2.45) is 4.99 Å². The number of ether oxygens (including phenoxy) is 1. The number of pyridine rings is 8. The summed E-state index contributed by atoms with van der Waals surface area (Å²) in [6.45, 7) is 35.1. The molecule has 26 nitrogen and oxygen atoms in total. The molecule has 3 amide bonds. The van der Waals surface area contributed by atoms with Crippen LogP contribution in [-0.2, 0) is 19.1 Å². The number of hydrogen-bond acceptors (Lipinski definition) is 28. The quantitative estimate of drug-likeness (QED) is 0.0924. The summed E-state index contributed by atoms with van der Waals surface area (Å²) in [5, 5.41) is 4.75. The van der Waals surface area contributed by atoms with Gasteiger partial charge in [0.05, 0.1) is 71.9 Å². The van der Waals surface area contributed by atoms with Gasteiger partial charge in [-0.15, -0.1) is 45.3 Å². The van der Waals surface area contributed by atoms with Crippen LogP contribution in [0.2, 0.25) is 0 Å². The zero-order valence-electron chi connectivity index (χ0n) is 84.5. The van der Waals surface area contributed by atoms with Crippen molar-refractivity contribution < 1.29 is 19.1 Å². The molecule has 746 valence electrons. The second kappa shape index (κ2) is 51.5. The highest BCUT2D eigenvalue weighted by Crippen LogP contribution is 2.42. The van der Waals surface area contributed by atoms with E-state index in [1.165, 1.54) is 79.2 Å². The van der Waals surface area contributed by atoms with E-state index in [1.807, 2.05) is 184 Å². The van der Waals surface area contributed by atoms with Gasteiger partial charge in [0, 0.05) is 204 Å². The Morgan fingerprint density at radius 1 is 0.312 bits per heavy atom. The van der Waals surface area contributed by atoms with Crippen molar-refractivity contribution in [2.45, 2.75) is 151 Å². The second-order valence-corrected chi connectivity index (χ2v) is 39.9. The molecule has 25 rings (SSSR count). The highest BCUT2D eigenvalue weighted by Gasteiger charge is 2.43. The summed E-state index contributed by atoms with van der Waals surface area (Å²) < 4.78 is 9.77. The number of amides is 3. The molecule has 0 aliphatic carbocycles. The summed E-state index contributed by atoms with van der Waals surface area (Å²) >= 11 is 8.29. The smallest absolute Gasteiger partial charge is 0.253 e. The van der Waals surface area contributed by atoms with E-state index >= 15 is 0 Å². The molecule has 0 N–H and O–H groups in total. The number of anilines is 8. The summed E-state index contributed by atoms with van der Waals surface area (Å²) in [6, 6.07) is 57.9. The fraction of sp³-hybridized carbons (Fsp3) is 0.363. The normalized spacial score (nSPS) is 16.9. The molecule has 31 heteroatoms. The summed E-state index contributed by atoms with van der Waals surface area (Å²) in [5.41, 5.74) is 16.5. The Bertz CT molecular complexity index is 6660. The Labute approximate surface area is 866 Å². The van der Waals surface area contributed by atoms with Gasteiger partial charge >= 0.3 is 0 Å². The number of aliphatic imine (C=N–C) groups is 1. The highest BCUT2D eigenvalue weighted by atomic mass is 32.2. The first-order valence-electron chi connectivity index (χ1n) is 51.3. The fourth-order valence-corrected chi connectivity index (χ4v) is 23.5. The molecule has 16 aromatic rings. The number of hydrogen-bond donors (Lipinski definition) is 0. The average molecular weight is 2020 g/mol. The van der Waals surface area contributed by atoms with Crippen molar-refractivity contribution in [3.05, 3.63) is 244 Å². The van der Waals surface area contributed by atoms with Gasteiger partial charge in [-0.25, -0.2) is 44.9 Å². The van der Waals surface area contributed by atoms with E-state index in [0.717, 1.165) is 232 Å². The van der Waals surface area contributed by atoms with Crippen molar-refractivity contribution >= 4 is 167 Å². The van der Waals surface area contributed by atoms with Gasteiger partial charge in [-0.05, 0) is 234 Å². The minimum Gasteiger partial charge on any atom is -0.370 e. The lowest BCUT2D eigenvalue weighted by Gasteiger charge is -2.32. The van der Waals surface area contributed by atoms with Crippen LogP contribution in [0, 0.1) is 0 Å². The highest BCUT2D eigenvalue weighted by molar-refractivity contribution is 8.15. The van der Waals surface area contributed by atoms with Crippen LogP contribution < -0.4 is 39.2 Å². The SMILES string of the molecule is CC.CC.CC.CC.CC.CN1CCN(c2ccc3nc(-c4ccc(N5CCCC5)nc4)sc3c2)C(=O)C1.O=C1C2SC(c3ccc(N4CCCC4)nc3)=NC2CCN1c1cccnc1.O=C1COCCN1c1ccc2nc(-c3ccc(N4CCCC4)nc3)sc2c1.c1cncc(-c2ccc3nc(-c4ccc(N5CCCC5)nc4)sc3c2)c1.c1cncc(-c2ccc3sc(-c4ccc(N5CCCC5)nc4)nc3c2)c1. The third kappa shape index (κ3) is 25.3. The zero-order valence-corrected chi connectivity index (χ0v) is 88.6. The van der Waals surface area contributed by atoms with E-state index in [0.29, 0.717) is 26.2 Å². The molecule has 2 unspecified atom stereocenters. The lowest BCUT2D eigenvalue weighted by Crippen LogP contribution is -2.48. The molecule has 8 saturated heterocycles. The summed E-state index contributed by atoms with van der Waals surface area (Å²) in [7, 11) is 1.98. The second-order valence-electron chi connectivity index (χ2n) is 34.6. The first kappa shape index (κ1) is 104. The molecular weight excluding hydrogens is 1890 g/mol. The maximum absolute atomic E-state index is 13.0. The van der Waals surface area contributed by atoms with Crippen LogP contribution in [0.5, 0.6) is 0 Å². The Hall–Kier alpha value is -13.0. The Morgan fingerprint density at radius 3 is 1.08 bits per heavy atom. The first-order valence-corrected chi connectivity index (χ1v) is 55.5. The number of morpholine rings is 1. The molecule has 8 fully saturated rings. The molecule has 0 spiro atoms. The van der Waals surface area contributed by atoms with Crippen LogP contribution in [0.15, 0.2) is 243 Å². The number of piperidine rings is 1. The van der Waals surface area contributed by atoms with Crippen LogP contribution in [0.4, 0.5) is 46.2 Å². The number of thioether (sulfide) groups is 1. The third-order valence-electron chi connectivity index (χ3n) is 25.6. The molecule has 4 aromatic carbocycles. The Morgan fingerprint density at radius 2 is 0.688 bits per heavy atom. The minimum atomic E-state index is -0.146. The topological polar surface area (TPSA) is 257 Å². The number of nitrogens with zero attached hydrogens (tertiary/aromatic N) is 22. The Kier molecular flexibility index (Phi) is 37.1. The lowest BCUT2D eigenvalue weighted by molar-refractivity contribution is -0.125. The number of aromatic nitrogens is 12. The number of thiazole rings is 4. The number of rotatable bonds is 15. The van der Waals surface area contributed by atoms with E-state index in [-0.39, 0.29) is 35.6 Å². The number of benzene rings is 4. The number of carbonyl (C=O) groups excluding carboxylic acids is 3. The van der Waals surface area contributed by atoms with Gasteiger partial charge in [0.25, 0.3) is 5.91 Å². The van der Waals surface area contributed by atoms with Crippen molar-refractivity contribution in [2.75, 3.05) is 158 Å². The van der Waals surface area contributed by atoms with Crippen LogP contribution in [0.25, 0.3) is 105 Å². The molecule has 9 aliphatic heterocycles. The van der Waals surface area contributed by atoms with Crippen LogP contribution >= 0.6 is 57.1 Å². The minimum absolute atomic E-state index is 0.00652. The molecule has 144 heavy (non-hydrogen) atoms. The predicted octanol–water partition coefficient (Wildman–Crippen LogP) is 24.5. The molecule has 0 bridgehead atoms. The van der Waals surface area contributed by atoms with Gasteiger partial charge in [0.15, 0.2) is 0 Å². The fourth-order valence-electron chi connectivity index (χ4n) is 18.3. The van der Waals surface area contributed by atoms with Gasteiger partial charge in [0.1, 0.15) is 66.0 Å². The maximum Gasteiger partial charge on any atom is 0.253 e. The van der Waals surface area contributed by atoms with Gasteiger partial charge in [-0.3, -0.25) is 39.2 Å². The van der Waals surface area contributed by atoms with E-state index < -0.39 is 0 Å². The number of likely N-dealkylation sites (N-methyl/N-ethyl adjacent to an activating group) is 1. The van der Waals surface area contributed by atoms with Gasteiger partial charge < -0.3 is 43.9 Å². The molecule has 0 radical (unpaired) electrons. The third-order valence-corrected chi connectivity index (χ3v) is 31.3.